The van der Waals surface area contributed by atoms with E-state index < -0.39 is 0 Å². The highest BCUT2D eigenvalue weighted by Gasteiger charge is 2.31. The largest absolute Gasteiger partial charge is 0.393 e. The van der Waals surface area contributed by atoms with Crippen molar-refractivity contribution in [1.29, 1.82) is 0 Å². The maximum absolute atomic E-state index is 9.79. The van der Waals surface area contributed by atoms with Gasteiger partial charge in [0.15, 0.2) is 0 Å². The lowest BCUT2D eigenvalue weighted by Crippen LogP contribution is -2.39. The van der Waals surface area contributed by atoms with Crippen molar-refractivity contribution in [1.82, 2.24) is 5.32 Å². The smallest absolute Gasteiger partial charge is 0.0583 e. The van der Waals surface area contributed by atoms with Crippen molar-refractivity contribution in [3.05, 3.63) is 0 Å². The number of nitrogens with one attached hydrogen (secondary N) is 1. The minimum absolute atomic E-state index is 0.0191. The van der Waals surface area contributed by atoms with Crippen molar-refractivity contribution in [3.8, 4) is 0 Å². The van der Waals surface area contributed by atoms with Crippen molar-refractivity contribution in [2.45, 2.75) is 50.7 Å². The average molecular weight is 169 g/mol. The van der Waals surface area contributed by atoms with Crippen LogP contribution in [0.15, 0.2) is 0 Å². The molecule has 3 atom stereocenters. The first-order valence-electron chi connectivity index (χ1n) is 5.29. The molecule has 2 fully saturated rings. The summed E-state index contributed by atoms with van der Waals surface area (Å²) in [5.41, 5.74) is 0. The zero-order valence-electron chi connectivity index (χ0n) is 7.63. The first kappa shape index (κ1) is 8.52. The molecule has 0 aromatic heterocycles. The fourth-order valence-corrected chi connectivity index (χ4v) is 2.69. The molecule has 2 N–H and O–H groups in total. The maximum atomic E-state index is 9.79. The van der Waals surface area contributed by atoms with E-state index in [9.17, 15) is 5.11 Å². The average Bonchev–Trinajstić information content (AvgIpc) is 2.57. The Morgan fingerprint density at radius 2 is 1.83 bits per heavy atom. The molecule has 70 valence electrons. The van der Waals surface area contributed by atoms with E-state index in [-0.39, 0.29) is 6.10 Å². The number of rotatable bonds is 1. The highest BCUT2D eigenvalue weighted by molar-refractivity contribution is 4.87. The fourth-order valence-electron chi connectivity index (χ4n) is 2.69. The Hall–Kier alpha value is -0.0800. The van der Waals surface area contributed by atoms with Crippen LogP contribution in [0.4, 0.5) is 0 Å². The molecule has 1 aliphatic carbocycles. The summed E-state index contributed by atoms with van der Waals surface area (Å²) < 4.78 is 0. The van der Waals surface area contributed by atoms with Crippen molar-refractivity contribution in [2.75, 3.05) is 6.54 Å². The van der Waals surface area contributed by atoms with Crippen LogP contribution in [0.2, 0.25) is 0 Å². The molecule has 1 heterocycles. The topological polar surface area (TPSA) is 32.3 Å². The quantitative estimate of drug-likeness (QED) is 0.620. The third-order valence-electron chi connectivity index (χ3n) is 3.40. The summed E-state index contributed by atoms with van der Waals surface area (Å²) in [5, 5.41) is 13.3. The number of aliphatic hydroxyl groups excluding tert-OH is 1. The summed E-state index contributed by atoms with van der Waals surface area (Å²) in [6.07, 6.45) is 7.37. The van der Waals surface area contributed by atoms with Crippen molar-refractivity contribution < 1.29 is 5.11 Å². The van der Waals surface area contributed by atoms with Gasteiger partial charge in [0.05, 0.1) is 6.10 Å². The van der Waals surface area contributed by atoms with Crippen molar-refractivity contribution in [3.63, 3.8) is 0 Å². The van der Waals surface area contributed by atoms with E-state index in [1.165, 1.54) is 32.1 Å². The summed E-state index contributed by atoms with van der Waals surface area (Å²) in [6, 6.07) is 0.625. The molecule has 1 saturated carbocycles. The predicted octanol–water partition coefficient (Wildman–Crippen LogP) is 1.29. The SMILES string of the molecule is O[C@@H]1CCCC[C@@H]1[C@@H]1CCCN1. The molecule has 0 radical (unpaired) electrons. The summed E-state index contributed by atoms with van der Waals surface area (Å²) >= 11 is 0. The number of aliphatic hydroxyl groups is 1. The van der Waals surface area contributed by atoms with Gasteiger partial charge in [-0.2, -0.15) is 0 Å². The van der Waals surface area contributed by atoms with Crippen LogP contribution in [-0.2, 0) is 0 Å². The van der Waals surface area contributed by atoms with E-state index in [1.807, 2.05) is 0 Å². The lowest BCUT2D eigenvalue weighted by molar-refractivity contribution is 0.0521. The second-order valence-electron chi connectivity index (χ2n) is 4.22. The Labute approximate surface area is 74.4 Å². The van der Waals surface area contributed by atoms with E-state index in [0.717, 1.165) is 13.0 Å². The van der Waals surface area contributed by atoms with E-state index >= 15 is 0 Å². The third kappa shape index (κ3) is 1.64. The highest BCUT2D eigenvalue weighted by atomic mass is 16.3. The van der Waals surface area contributed by atoms with Crippen LogP contribution in [-0.4, -0.2) is 23.8 Å². The van der Waals surface area contributed by atoms with Gasteiger partial charge in [-0.25, -0.2) is 0 Å². The van der Waals surface area contributed by atoms with Crippen LogP contribution in [0.25, 0.3) is 0 Å². The fraction of sp³-hybridized carbons (Fsp3) is 1.00. The minimum Gasteiger partial charge on any atom is -0.393 e. The molecule has 0 amide bonds. The number of hydrogen-bond donors (Lipinski definition) is 2. The molecule has 1 aliphatic heterocycles. The van der Waals surface area contributed by atoms with E-state index in [4.69, 9.17) is 0 Å². The molecule has 0 aromatic carbocycles. The van der Waals surface area contributed by atoms with Crippen LogP contribution in [0.3, 0.4) is 0 Å². The van der Waals surface area contributed by atoms with Gasteiger partial charge in [-0.1, -0.05) is 12.8 Å². The molecular weight excluding hydrogens is 150 g/mol. The Kier molecular flexibility index (Phi) is 2.66. The molecule has 0 aromatic rings. The summed E-state index contributed by atoms with van der Waals surface area (Å²) in [7, 11) is 0. The molecule has 12 heavy (non-hydrogen) atoms. The second-order valence-corrected chi connectivity index (χ2v) is 4.22. The summed E-state index contributed by atoms with van der Waals surface area (Å²) in [4.78, 5) is 0. The Balaban J connectivity index is 1.91. The van der Waals surface area contributed by atoms with Crippen molar-refractivity contribution in [2.24, 2.45) is 5.92 Å². The van der Waals surface area contributed by atoms with Gasteiger partial charge in [-0.05, 0) is 32.2 Å². The Morgan fingerprint density at radius 3 is 2.50 bits per heavy atom. The van der Waals surface area contributed by atoms with Crippen LogP contribution < -0.4 is 5.32 Å². The van der Waals surface area contributed by atoms with Gasteiger partial charge in [0, 0.05) is 12.0 Å². The van der Waals surface area contributed by atoms with Crippen LogP contribution in [0, 0.1) is 5.92 Å². The first-order valence-corrected chi connectivity index (χ1v) is 5.29. The van der Waals surface area contributed by atoms with Gasteiger partial charge in [-0.15, -0.1) is 0 Å². The Bertz CT molecular complexity index is 143. The lowest BCUT2D eigenvalue weighted by Gasteiger charge is -2.32. The van der Waals surface area contributed by atoms with Gasteiger partial charge in [0.25, 0.3) is 0 Å². The Morgan fingerprint density at radius 1 is 1.00 bits per heavy atom. The van der Waals surface area contributed by atoms with Gasteiger partial charge >= 0.3 is 0 Å². The minimum atomic E-state index is -0.0191. The molecule has 0 bridgehead atoms. The molecule has 2 nitrogen and oxygen atoms in total. The standard InChI is InChI=1S/C10H19NO/c12-10-6-2-1-4-8(10)9-5-3-7-11-9/h8-12H,1-7H2/t8-,9+,10-/m1/s1. The maximum Gasteiger partial charge on any atom is 0.0583 e. The molecule has 0 spiro atoms. The molecule has 2 rings (SSSR count). The van der Waals surface area contributed by atoms with E-state index in [2.05, 4.69) is 5.32 Å². The van der Waals surface area contributed by atoms with E-state index in [1.54, 1.807) is 0 Å². The third-order valence-corrected chi connectivity index (χ3v) is 3.40. The molecule has 1 saturated heterocycles. The van der Waals surface area contributed by atoms with Gasteiger partial charge in [0.2, 0.25) is 0 Å². The zero-order chi connectivity index (χ0) is 8.39. The van der Waals surface area contributed by atoms with Crippen LogP contribution in [0.5, 0.6) is 0 Å². The van der Waals surface area contributed by atoms with Crippen LogP contribution >= 0.6 is 0 Å². The second kappa shape index (κ2) is 3.75. The van der Waals surface area contributed by atoms with E-state index in [0.29, 0.717) is 12.0 Å². The molecule has 0 unspecified atom stereocenters. The van der Waals surface area contributed by atoms with Crippen LogP contribution in [0.1, 0.15) is 38.5 Å². The van der Waals surface area contributed by atoms with Gasteiger partial charge in [-0.3, -0.25) is 0 Å². The highest BCUT2D eigenvalue weighted by Crippen LogP contribution is 2.30. The van der Waals surface area contributed by atoms with Gasteiger partial charge < -0.3 is 10.4 Å². The monoisotopic (exact) mass is 169 g/mol. The molecule has 2 aliphatic rings. The summed E-state index contributed by atoms with van der Waals surface area (Å²) in [6.45, 7) is 1.16. The molecular formula is C10H19NO. The summed E-state index contributed by atoms with van der Waals surface area (Å²) in [5.74, 6) is 0.557. The first-order chi connectivity index (χ1) is 5.88. The molecule has 2 heteroatoms. The van der Waals surface area contributed by atoms with Crippen molar-refractivity contribution >= 4 is 0 Å². The number of hydrogen-bond acceptors (Lipinski definition) is 2. The van der Waals surface area contributed by atoms with Gasteiger partial charge in [0.1, 0.15) is 0 Å². The zero-order valence-corrected chi connectivity index (χ0v) is 7.63. The normalized spacial score (nSPS) is 43.2. The lowest BCUT2D eigenvalue weighted by atomic mass is 9.81. The predicted molar refractivity (Wildman–Crippen MR) is 49.0 cm³/mol.